The number of rotatable bonds is 4. The van der Waals surface area contributed by atoms with Gasteiger partial charge in [0.15, 0.2) is 0 Å². The van der Waals surface area contributed by atoms with Crippen LogP contribution in [0.25, 0.3) is 0 Å². The van der Waals surface area contributed by atoms with E-state index in [4.69, 9.17) is 10.5 Å². The number of ether oxygens (including phenoxy) is 1. The van der Waals surface area contributed by atoms with Crippen molar-refractivity contribution in [3.05, 3.63) is 57.8 Å². The standard InChI is InChI=1S/C13H13N3O3/c1-9-6-11(3-4-12(9)16(17)18)19-13-5-2-10(7-14)8-15-13/h2-6,8H,7,14H2,1H3. The summed E-state index contributed by atoms with van der Waals surface area (Å²) >= 11 is 0. The molecule has 0 amide bonds. The zero-order valence-corrected chi connectivity index (χ0v) is 10.4. The third kappa shape index (κ3) is 3.05. The Labute approximate surface area is 110 Å². The minimum absolute atomic E-state index is 0.0683. The molecule has 1 heterocycles. The van der Waals surface area contributed by atoms with Crippen LogP contribution < -0.4 is 10.5 Å². The summed E-state index contributed by atoms with van der Waals surface area (Å²) in [4.78, 5) is 14.4. The summed E-state index contributed by atoms with van der Waals surface area (Å²) in [5.74, 6) is 0.932. The summed E-state index contributed by atoms with van der Waals surface area (Å²) in [6, 6.07) is 8.10. The highest BCUT2D eigenvalue weighted by atomic mass is 16.6. The second-order valence-corrected chi connectivity index (χ2v) is 4.02. The van der Waals surface area contributed by atoms with Gasteiger partial charge >= 0.3 is 0 Å². The van der Waals surface area contributed by atoms with Crippen LogP contribution in [0, 0.1) is 17.0 Å². The van der Waals surface area contributed by atoms with Gasteiger partial charge in [-0.15, -0.1) is 0 Å². The Hall–Kier alpha value is -2.47. The fourth-order valence-electron chi connectivity index (χ4n) is 1.61. The molecule has 1 aromatic carbocycles. The molecular formula is C13H13N3O3. The van der Waals surface area contributed by atoms with Gasteiger partial charge in [0.25, 0.3) is 5.69 Å². The number of nitrogens with two attached hydrogens (primary N) is 1. The summed E-state index contributed by atoms with van der Waals surface area (Å²) in [5, 5.41) is 10.7. The molecule has 1 aromatic heterocycles. The van der Waals surface area contributed by atoms with E-state index in [1.807, 2.05) is 6.07 Å². The Kier molecular flexibility index (Phi) is 3.72. The highest BCUT2D eigenvalue weighted by Gasteiger charge is 2.11. The topological polar surface area (TPSA) is 91.3 Å². The van der Waals surface area contributed by atoms with Gasteiger partial charge in [-0.1, -0.05) is 6.07 Å². The van der Waals surface area contributed by atoms with Crippen LogP contribution in [0.15, 0.2) is 36.5 Å². The van der Waals surface area contributed by atoms with Crippen molar-refractivity contribution >= 4 is 5.69 Å². The molecule has 0 atom stereocenters. The largest absolute Gasteiger partial charge is 0.439 e. The zero-order chi connectivity index (χ0) is 13.8. The number of nitrogens with zero attached hydrogens (tertiary/aromatic N) is 2. The lowest BCUT2D eigenvalue weighted by atomic mass is 10.2. The van der Waals surface area contributed by atoms with Crippen molar-refractivity contribution in [3.63, 3.8) is 0 Å². The molecule has 6 heteroatoms. The lowest BCUT2D eigenvalue weighted by Crippen LogP contribution is -1.97. The molecule has 0 spiro atoms. The predicted octanol–water partition coefficient (Wildman–Crippen LogP) is 2.55. The fraction of sp³-hybridized carbons (Fsp3) is 0.154. The average molecular weight is 259 g/mol. The molecule has 0 radical (unpaired) electrons. The van der Waals surface area contributed by atoms with E-state index in [0.29, 0.717) is 23.7 Å². The molecule has 0 aliphatic rings. The molecule has 2 rings (SSSR count). The fourth-order valence-corrected chi connectivity index (χ4v) is 1.61. The maximum Gasteiger partial charge on any atom is 0.272 e. The Morgan fingerprint density at radius 1 is 1.37 bits per heavy atom. The van der Waals surface area contributed by atoms with Crippen LogP contribution in [-0.4, -0.2) is 9.91 Å². The van der Waals surface area contributed by atoms with Crippen LogP contribution in [0.3, 0.4) is 0 Å². The first kappa shape index (κ1) is 13.0. The Morgan fingerprint density at radius 3 is 2.68 bits per heavy atom. The summed E-state index contributed by atoms with van der Waals surface area (Å²) in [6.07, 6.45) is 1.63. The van der Waals surface area contributed by atoms with Gasteiger partial charge < -0.3 is 10.5 Å². The van der Waals surface area contributed by atoms with Crippen molar-refractivity contribution in [2.75, 3.05) is 0 Å². The summed E-state index contributed by atoms with van der Waals surface area (Å²) in [7, 11) is 0. The SMILES string of the molecule is Cc1cc(Oc2ccc(CN)cn2)ccc1[N+](=O)[O-]. The minimum Gasteiger partial charge on any atom is -0.439 e. The van der Waals surface area contributed by atoms with Crippen molar-refractivity contribution in [1.82, 2.24) is 4.98 Å². The van der Waals surface area contributed by atoms with E-state index in [0.717, 1.165) is 5.56 Å². The molecule has 2 aromatic rings. The molecular weight excluding hydrogens is 246 g/mol. The van der Waals surface area contributed by atoms with Gasteiger partial charge in [-0.05, 0) is 24.6 Å². The highest BCUT2D eigenvalue weighted by molar-refractivity contribution is 5.45. The van der Waals surface area contributed by atoms with Crippen molar-refractivity contribution in [1.29, 1.82) is 0 Å². The van der Waals surface area contributed by atoms with Gasteiger partial charge in [0.05, 0.1) is 4.92 Å². The van der Waals surface area contributed by atoms with Gasteiger partial charge in [0.1, 0.15) is 5.75 Å². The zero-order valence-electron chi connectivity index (χ0n) is 10.4. The summed E-state index contributed by atoms with van der Waals surface area (Å²) in [5.41, 5.74) is 6.99. The number of pyridine rings is 1. The van der Waals surface area contributed by atoms with Gasteiger partial charge in [0, 0.05) is 30.4 Å². The van der Waals surface area contributed by atoms with Gasteiger partial charge in [-0.2, -0.15) is 0 Å². The first-order chi connectivity index (χ1) is 9.10. The van der Waals surface area contributed by atoms with Crippen LogP contribution in [-0.2, 0) is 6.54 Å². The van der Waals surface area contributed by atoms with Crippen molar-refractivity contribution in [3.8, 4) is 11.6 Å². The number of hydrogen-bond donors (Lipinski definition) is 1. The molecule has 0 unspecified atom stereocenters. The number of aromatic nitrogens is 1. The monoisotopic (exact) mass is 259 g/mol. The molecule has 0 aliphatic carbocycles. The Balaban J connectivity index is 2.18. The van der Waals surface area contributed by atoms with E-state index in [-0.39, 0.29) is 5.69 Å². The number of hydrogen-bond acceptors (Lipinski definition) is 5. The number of nitro groups is 1. The van der Waals surface area contributed by atoms with Crippen LogP contribution in [0.1, 0.15) is 11.1 Å². The summed E-state index contributed by atoms with van der Waals surface area (Å²) in [6.45, 7) is 2.08. The number of nitro benzene ring substituents is 1. The Morgan fingerprint density at radius 2 is 2.16 bits per heavy atom. The Bertz CT molecular complexity index is 597. The van der Waals surface area contributed by atoms with Crippen LogP contribution in [0.2, 0.25) is 0 Å². The second kappa shape index (κ2) is 5.45. The number of aryl methyl sites for hydroxylation is 1. The highest BCUT2D eigenvalue weighted by Crippen LogP contribution is 2.26. The van der Waals surface area contributed by atoms with E-state index in [2.05, 4.69) is 4.98 Å². The first-order valence-electron chi connectivity index (χ1n) is 5.68. The van der Waals surface area contributed by atoms with Crippen molar-refractivity contribution < 1.29 is 9.66 Å². The molecule has 6 nitrogen and oxygen atoms in total. The van der Waals surface area contributed by atoms with E-state index in [1.54, 1.807) is 31.3 Å². The molecule has 0 saturated carbocycles. The smallest absolute Gasteiger partial charge is 0.272 e. The second-order valence-electron chi connectivity index (χ2n) is 4.02. The van der Waals surface area contributed by atoms with Crippen molar-refractivity contribution in [2.45, 2.75) is 13.5 Å². The van der Waals surface area contributed by atoms with E-state index in [1.165, 1.54) is 6.07 Å². The van der Waals surface area contributed by atoms with Gasteiger partial charge in [-0.3, -0.25) is 10.1 Å². The number of benzene rings is 1. The predicted molar refractivity (Wildman–Crippen MR) is 70.0 cm³/mol. The summed E-state index contributed by atoms with van der Waals surface area (Å²) < 4.78 is 5.52. The van der Waals surface area contributed by atoms with Crippen LogP contribution >= 0.6 is 0 Å². The lowest BCUT2D eigenvalue weighted by Gasteiger charge is -2.06. The lowest BCUT2D eigenvalue weighted by molar-refractivity contribution is -0.385. The van der Waals surface area contributed by atoms with Gasteiger partial charge in [-0.25, -0.2) is 4.98 Å². The molecule has 0 bridgehead atoms. The van der Waals surface area contributed by atoms with Crippen molar-refractivity contribution in [2.24, 2.45) is 5.73 Å². The normalized spacial score (nSPS) is 10.2. The first-order valence-corrected chi connectivity index (χ1v) is 5.68. The van der Waals surface area contributed by atoms with E-state index >= 15 is 0 Å². The third-order valence-electron chi connectivity index (χ3n) is 2.62. The third-order valence-corrected chi connectivity index (χ3v) is 2.62. The molecule has 98 valence electrons. The molecule has 2 N–H and O–H groups in total. The average Bonchev–Trinajstić information content (AvgIpc) is 2.39. The van der Waals surface area contributed by atoms with Gasteiger partial charge in [0.2, 0.25) is 5.88 Å². The quantitative estimate of drug-likeness (QED) is 0.673. The molecule has 0 aliphatic heterocycles. The maximum atomic E-state index is 10.7. The minimum atomic E-state index is -0.423. The van der Waals surface area contributed by atoms with E-state index < -0.39 is 4.92 Å². The van der Waals surface area contributed by atoms with Crippen LogP contribution in [0.5, 0.6) is 11.6 Å². The molecule has 0 saturated heterocycles. The van der Waals surface area contributed by atoms with Crippen LogP contribution in [0.4, 0.5) is 5.69 Å². The maximum absolute atomic E-state index is 10.7. The molecule has 0 fully saturated rings. The molecule has 19 heavy (non-hydrogen) atoms. The van der Waals surface area contributed by atoms with E-state index in [9.17, 15) is 10.1 Å².